The largest absolute Gasteiger partial charge is 0.345 e. The SMILES string of the molecule is Cc1nc(CNC(=O)c2cccc([N+](=O)[O-])c2NN)no1. The van der Waals surface area contributed by atoms with Crippen LogP contribution < -0.4 is 16.6 Å². The molecule has 110 valence electrons. The second kappa shape index (κ2) is 5.96. The van der Waals surface area contributed by atoms with E-state index < -0.39 is 10.8 Å². The highest BCUT2D eigenvalue weighted by atomic mass is 16.6. The van der Waals surface area contributed by atoms with Crippen LogP contribution in [0.1, 0.15) is 22.1 Å². The zero-order valence-electron chi connectivity index (χ0n) is 11.0. The first kappa shape index (κ1) is 14.4. The summed E-state index contributed by atoms with van der Waals surface area (Å²) in [6.45, 7) is 1.65. The van der Waals surface area contributed by atoms with Crippen LogP contribution in [0.5, 0.6) is 0 Å². The third-order valence-electron chi connectivity index (χ3n) is 2.60. The molecule has 0 aliphatic rings. The van der Waals surface area contributed by atoms with E-state index in [9.17, 15) is 14.9 Å². The molecular weight excluding hydrogens is 280 g/mol. The summed E-state index contributed by atoms with van der Waals surface area (Å²) in [4.78, 5) is 26.2. The molecule has 0 bridgehead atoms. The van der Waals surface area contributed by atoms with Gasteiger partial charge in [0, 0.05) is 13.0 Å². The van der Waals surface area contributed by atoms with Crippen molar-refractivity contribution >= 4 is 17.3 Å². The molecule has 1 aromatic carbocycles. The fourth-order valence-corrected chi connectivity index (χ4v) is 1.70. The van der Waals surface area contributed by atoms with Gasteiger partial charge in [-0.15, -0.1) is 0 Å². The van der Waals surface area contributed by atoms with E-state index in [4.69, 9.17) is 10.4 Å². The van der Waals surface area contributed by atoms with Crippen molar-refractivity contribution in [1.82, 2.24) is 15.5 Å². The summed E-state index contributed by atoms with van der Waals surface area (Å²) in [6, 6.07) is 4.06. The number of carbonyl (C=O) groups is 1. The fraction of sp³-hybridized carbons (Fsp3) is 0.182. The summed E-state index contributed by atoms with van der Waals surface area (Å²) in [5.74, 6) is 5.39. The van der Waals surface area contributed by atoms with Gasteiger partial charge in [0.2, 0.25) is 5.89 Å². The highest BCUT2D eigenvalue weighted by Crippen LogP contribution is 2.27. The van der Waals surface area contributed by atoms with Crippen molar-refractivity contribution in [3.05, 3.63) is 45.6 Å². The van der Waals surface area contributed by atoms with Gasteiger partial charge in [-0.2, -0.15) is 4.98 Å². The summed E-state index contributed by atoms with van der Waals surface area (Å²) < 4.78 is 4.76. The molecule has 0 spiro atoms. The molecule has 21 heavy (non-hydrogen) atoms. The Morgan fingerprint density at radius 2 is 2.29 bits per heavy atom. The number of amides is 1. The van der Waals surface area contributed by atoms with Crippen LogP contribution in [-0.4, -0.2) is 21.0 Å². The third-order valence-corrected chi connectivity index (χ3v) is 2.60. The number of aromatic nitrogens is 2. The number of carbonyl (C=O) groups excluding carboxylic acids is 1. The van der Waals surface area contributed by atoms with Gasteiger partial charge in [0.1, 0.15) is 5.69 Å². The first-order chi connectivity index (χ1) is 10.0. The van der Waals surface area contributed by atoms with Crippen LogP contribution in [-0.2, 0) is 6.54 Å². The normalized spacial score (nSPS) is 10.2. The van der Waals surface area contributed by atoms with E-state index in [1.165, 1.54) is 18.2 Å². The van der Waals surface area contributed by atoms with E-state index >= 15 is 0 Å². The summed E-state index contributed by atoms with van der Waals surface area (Å²) in [6.07, 6.45) is 0. The molecule has 10 heteroatoms. The van der Waals surface area contributed by atoms with E-state index in [0.717, 1.165) is 0 Å². The van der Waals surface area contributed by atoms with Crippen molar-refractivity contribution in [2.24, 2.45) is 5.84 Å². The molecule has 1 aromatic heterocycles. The number of nitro groups is 1. The molecule has 10 nitrogen and oxygen atoms in total. The number of hydrazine groups is 1. The van der Waals surface area contributed by atoms with Crippen molar-refractivity contribution in [3.63, 3.8) is 0 Å². The minimum Gasteiger partial charge on any atom is -0.345 e. The molecule has 0 saturated heterocycles. The Morgan fingerprint density at radius 1 is 1.52 bits per heavy atom. The first-order valence-electron chi connectivity index (χ1n) is 5.84. The molecule has 1 amide bonds. The molecule has 0 aliphatic heterocycles. The second-order valence-corrected chi connectivity index (χ2v) is 4.01. The Balaban J connectivity index is 2.19. The number of anilines is 1. The molecule has 0 unspecified atom stereocenters. The van der Waals surface area contributed by atoms with Gasteiger partial charge in [-0.25, -0.2) is 0 Å². The van der Waals surface area contributed by atoms with Gasteiger partial charge in [0.15, 0.2) is 5.82 Å². The molecule has 0 atom stereocenters. The zero-order chi connectivity index (χ0) is 15.4. The number of nitro benzene ring substituents is 1. The number of nitrogen functional groups attached to an aromatic ring is 1. The van der Waals surface area contributed by atoms with Crippen LogP contribution in [0.25, 0.3) is 0 Å². The lowest BCUT2D eigenvalue weighted by Crippen LogP contribution is -2.25. The monoisotopic (exact) mass is 292 g/mol. The lowest BCUT2D eigenvalue weighted by Gasteiger charge is -2.08. The van der Waals surface area contributed by atoms with Gasteiger partial charge < -0.3 is 15.3 Å². The van der Waals surface area contributed by atoms with Crippen LogP contribution in [0.3, 0.4) is 0 Å². The number of hydrogen-bond acceptors (Lipinski definition) is 8. The van der Waals surface area contributed by atoms with Crippen LogP contribution >= 0.6 is 0 Å². The van der Waals surface area contributed by atoms with E-state index in [2.05, 4.69) is 20.9 Å². The minimum absolute atomic E-state index is 0.0306. The topological polar surface area (TPSA) is 149 Å². The second-order valence-electron chi connectivity index (χ2n) is 4.01. The Hall–Kier alpha value is -3.01. The minimum atomic E-state index is -0.630. The Kier molecular flexibility index (Phi) is 4.09. The van der Waals surface area contributed by atoms with Gasteiger partial charge in [0.05, 0.1) is 17.0 Å². The van der Waals surface area contributed by atoms with Crippen LogP contribution in [0.4, 0.5) is 11.4 Å². The number of para-hydroxylation sites is 1. The predicted octanol–water partition coefficient (Wildman–Crippen LogP) is 0.502. The first-order valence-corrected chi connectivity index (χ1v) is 5.84. The Labute approximate surface area is 118 Å². The number of rotatable bonds is 5. The van der Waals surface area contributed by atoms with E-state index in [1.54, 1.807) is 6.92 Å². The molecule has 0 saturated carbocycles. The molecular formula is C11H12N6O4. The fourth-order valence-electron chi connectivity index (χ4n) is 1.70. The standard InChI is InChI=1S/C11H12N6O4/c1-6-14-9(16-21-6)5-13-11(18)7-3-2-4-8(17(19)20)10(7)15-12/h2-4,15H,5,12H2,1H3,(H,13,18). The van der Waals surface area contributed by atoms with Crippen molar-refractivity contribution in [2.75, 3.05) is 5.43 Å². The van der Waals surface area contributed by atoms with Gasteiger partial charge in [-0.1, -0.05) is 11.2 Å². The zero-order valence-corrected chi connectivity index (χ0v) is 11.0. The average molecular weight is 292 g/mol. The average Bonchev–Trinajstić information content (AvgIpc) is 2.89. The van der Waals surface area contributed by atoms with Crippen molar-refractivity contribution in [1.29, 1.82) is 0 Å². The number of nitrogens with zero attached hydrogens (tertiary/aromatic N) is 3. The molecule has 0 radical (unpaired) electrons. The maximum absolute atomic E-state index is 12.1. The van der Waals surface area contributed by atoms with Crippen molar-refractivity contribution in [3.8, 4) is 0 Å². The summed E-state index contributed by atoms with van der Waals surface area (Å²) >= 11 is 0. The van der Waals surface area contributed by atoms with E-state index in [0.29, 0.717) is 11.7 Å². The van der Waals surface area contributed by atoms with Crippen molar-refractivity contribution in [2.45, 2.75) is 13.5 Å². The number of nitrogens with two attached hydrogens (primary N) is 1. The van der Waals surface area contributed by atoms with Gasteiger partial charge in [-0.05, 0) is 6.07 Å². The smallest absolute Gasteiger partial charge is 0.294 e. The Bertz CT molecular complexity index is 683. The number of aryl methyl sites for hydroxylation is 1. The quantitative estimate of drug-likeness (QED) is 0.409. The lowest BCUT2D eigenvalue weighted by atomic mass is 10.1. The van der Waals surface area contributed by atoms with Crippen LogP contribution in [0, 0.1) is 17.0 Å². The molecule has 2 aromatic rings. The summed E-state index contributed by atoms with van der Waals surface area (Å²) in [5.41, 5.74) is 1.87. The van der Waals surface area contributed by atoms with Gasteiger partial charge >= 0.3 is 0 Å². The number of nitrogens with one attached hydrogen (secondary N) is 2. The molecule has 0 aliphatic carbocycles. The Morgan fingerprint density at radius 3 is 2.86 bits per heavy atom. The van der Waals surface area contributed by atoms with E-state index in [1.807, 2.05) is 0 Å². The molecule has 1 heterocycles. The van der Waals surface area contributed by atoms with Gasteiger partial charge in [0.25, 0.3) is 11.6 Å². The van der Waals surface area contributed by atoms with Crippen LogP contribution in [0.15, 0.2) is 22.7 Å². The van der Waals surface area contributed by atoms with Crippen molar-refractivity contribution < 1.29 is 14.2 Å². The lowest BCUT2D eigenvalue weighted by molar-refractivity contribution is -0.384. The third kappa shape index (κ3) is 3.12. The van der Waals surface area contributed by atoms with Crippen LogP contribution in [0.2, 0.25) is 0 Å². The maximum atomic E-state index is 12.1. The maximum Gasteiger partial charge on any atom is 0.294 e. The molecule has 0 fully saturated rings. The molecule has 2 rings (SSSR count). The highest BCUT2D eigenvalue weighted by Gasteiger charge is 2.21. The predicted molar refractivity (Wildman–Crippen MR) is 71.1 cm³/mol. The summed E-state index contributed by atoms with van der Waals surface area (Å²) in [7, 11) is 0. The number of hydrogen-bond donors (Lipinski definition) is 3. The number of benzene rings is 1. The molecule has 4 N–H and O–H groups in total. The van der Waals surface area contributed by atoms with E-state index in [-0.39, 0.29) is 23.5 Å². The highest BCUT2D eigenvalue weighted by molar-refractivity contribution is 6.01. The van der Waals surface area contributed by atoms with Gasteiger partial charge in [-0.3, -0.25) is 20.8 Å². The summed E-state index contributed by atoms with van der Waals surface area (Å²) in [5, 5.41) is 17.0.